The number of ether oxygens (including phenoxy) is 1. The number of rotatable bonds is 3. The monoisotopic (exact) mass is 285 g/mol. The fraction of sp³-hybridized carbons (Fsp3) is 0.500. The molecule has 0 radical (unpaired) electrons. The van der Waals surface area contributed by atoms with E-state index in [0.29, 0.717) is 11.7 Å². The molecule has 5 heteroatoms. The molecule has 1 saturated heterocycles. The molecule has 1 aromatic carbocycles. The van der Waals surface area contributed by atoms with Gasteiger partial charge in [0.15, 0.2) is 6.10 Å². The van der Waals surface area contributed by atoms with Crippen molar-refractivity contribution in [3.05, 3.63) is 41.5 Å². The van der Waals surface area contributed by atoms with Gasteiger partial charge in [-0.1, -0.05) is 23.4 Å². The first kappa shape index (κ1) is 12.8. The molecular formula is C16H19N3O2. The second-order valence-electron chi connectivity index (χ2n) is 5.88. The largest absolute Gasteiger partial charge is 0.482 e. The van der Waals surface area contributed by atoms with Gasteiger partial charge in [0.05, 0.1) is 0 Å². The summed E-state index contributed by atoms with van der Waals surface area (Å²) in [4.78, 5) is 4.54. The van der Waals surface area contributed by atoms with E-state index in [4.69, 9.17) is 9.26 Å². The summed E-state index contributed by atoms with van der Waals surface area (Å²) in [5.74, 6) is 2.95. The molecule has 4 rings (SSSR count). The molecule has 0 bridgehead atoms. The maximum absolute atomic E-state index is 5.90. The number of fused-ring (bicyclic) bond motifs is 1. The van der Waals surface area contributed by atoms with Gasteiger partial charge in [-0.2, -0.15) is 4.98 Å². The summed E-state index contributed by atoms with van der Waals surface area (Å²) >= 11 is 0. The third kappa shape index (κ3) is 2.65. The van der Waals surface area contributed by atoms with Gasteiger partial charge in [-0.25, -0.2) is 0 Å². The molecule has 21 heavy (non-hydrogen) atoms. The van der Waals surface area contributed by atoms with Crippen LogP contribution in [-0.4, -0.2) is 23.2 Å². The van der Waals surface area contributed by atoms with Gasteiger partial charge in [-0.05, 0) is 43.5 Å². The van der Waals surface area contributed by atoms with Crippen molar-refractivity contribution in [1.82, 2.24) is 15.5 Å². The van der Waals surface area contributed by atoms with Crippen LogP contribution in [0.2, 0.25) is 0 Å². The second kappa shape index (κ2) is 5.48. The minimum atomic E-state index is -0.107. The lowest BCUT2D eigenvalue weighted by Gasteiger charge is -2.20. The smallest absolute Gasteiger partial charge is 0.227 e. The SMILES string of the molecule is c1ccc2c(c1)CC(c1noc(CC3CCCNC3)n1)O2. The van der Waals surface area contributed by atoms with E-state index in [1.807, 2.05) is 18.2 Å². The Bertz CT molecular complexity index is 594. The summed E-state index contributed by atoms with van der Waals surface area (Å²) in [7, 11) is 0. The zero-order valence-corrected chi connectivity index (χ0v) is 11.9. The van der Waals surface area contributed by atoms with Crippen molar-refractivity contribution in [2.24, 2.45) is 5.92 Å². The van der Waals surface area contributed by atoms with E-state index in [2.05, 4.69) is 21.5 Å². The Kier molecular flexibility index (Phi) is 3.35. The maximum atomic E-state index is 5.90. The van der Waals surface area contributed by atoms with Crippen molar-refractivity contribution in [3.63, 3.8) is 0 Å². The Balaban J connectivity index is 1.43. The fourth-order valence-electron chi connectivity index (χ4n) is 3.15. The number of hydrogen-bond acceptors (Lipinski definition) is 5. The van der Waals surface area contributed by atoms with E-state index >= 15 is 0 Å². The molecule has 0 spiro atoms. The van der Waals surface area contributed by atoms with Crippen LogP contribution in [-0.2, 0) is 12.8 Å². The topological polar surface area (TPSA) is 60.2 Å². The van der Waals surface area contributed by atoms with Crippen LogP contribution >= 0.6 is 0 Å². The van der Waals surface area contributed by atoms with Gasteiger partial charge in [-0.15, -0.1) is 0 Å². The molecule has 1 N–H and O–H groups in total. The molecule has 0 aliphatic carbocycles. The van der Waals surface area contributed by atoms with E-state index < -0.39 is 0 Å². The van der Waals surface area contributed by atoms with E-state index in [1.54, 1.807) is 0 Å². The number of para-hydroxylation sites is 1. The normalized spacial score (nSPS) is 24.6. The molecule has 2 aliphatic rings. The zero-order valence-electron chi connectivity index (χ0n) is 11.9. The summed E-state index contributed by atoms with van der Waals surface area (Å²) in [6.45, 7) is 2.17. The highest BCUT2D eigenvalue weighted by atomic mass is 16.5. The molecular weight excluding hydrogens is 266 g/mol. The highest BCUT2D eigenvalue weighted by Crippen LogP contribution is 2.35. The molecule has 0 amide bonds. The third-order valence-electron chi connectivity index (χ3n) is 4.28. The van der Waals surface area contributed by atoms with E-state index in [-0.39, 0.29) is 6.10 Å². The van der Waals surface area contributed by atoms with Crippen molar-refractivity contribution in [2.45, 2.75) is 31.8 Å². The van der Waals surface area contributed by atoms with Crippen molar-refractivity contribution >= 4 is 0 Å². The molecule has 2 aromatic rings. The van der Waals surface area contributed by atoms with E-state index in [9.17, 15) is 0 Å². The van der Waals surface area contributed by atoms with Gasteiger partial charge in [0.25, 0.3) is 0 Å². The van der Waals surface area contributed by atoms with Crippen LogP contribution in [0.4, 0.5) is 0 Å². The standard InChI is InChI=1S/C16H19N3O2/c1-2-6-13-12(5-1)9-14(20-13)16-18-15(21-19-16)8-11-4-3-7-17-10-11/h1-2,5-6,11,14,17H,3-4,7-10H2. The third-order valence-corrected chi connectivity index (χ3v) is 4.28. The average Bonchev–Trinajstić information content (AvgIpc) is 3.14. The highest BCUT2D eigenvalue weighted by molar-refractivity contribution is 5.37. The van der Waals surface area contributed by atoms with Crippen molar-refractivity contribution in [1.29, 1.82) is 0 Å². The molecule has 110 valence electrons. The van der Waals surface area contributed by atoms with Crippen LogP contribution in [0.1, 0.15) is 36.2 Å². The summed E-state index contributed by atoms with van der Waals surface area (Å²) in [5.41, 5.74) is 1.21. The lowest BCUT2D eigenvalue weighted by atomic mass is 9.96. The van der Waals surface area contributed by atoms with Gasteiger partial charge in [0.1, 0.15) is 5.75 Å². The van der Waals surface area contributed by atoms with Crippen molar-refractivity contribution in [3.8, 4) is 5.75 Å². The lowest BCUT2D eigenvalue weighted by Crippen LogP contribution is -2.30. The van der Waals surface area contributed by atoms with Crippen LogP contribution < -0.4 is 10.1 Å². The van der Waals surface area contributed by atoms with Gasteiger partial charge in [0.2, 0.25) is 11.7 Å². The van der Waals surface area contributed by atoms with Crippen LogP contribution in [0, 0.1) is 5.92 Å². The van der Waals surface area contributed by atoms with Gasteiger partial charge >= 0.3 is 0 Å². The number of aromatic nitrogens is 2. The predicted octanol–water partition coefficient (Wildman–Crippen LogP) is 2.29. The van der Waals surface area contributed by atoms with Crippen LogP contribution in [0.5, 0.6) is 5.75 Å². The number of nitrogens with one attached hydrogen (secondary N) is 1. The Morgan fingerprint density at radius 1 is 1.29 bits per heavy atom. The number of piperidine rings is 1. The average molecular weight is 285 g/mol. The van der Waals surface area contributed by atoms with Crippen molar-refractivity contribution in [2.75, 3.05) is 13.1 Å². The van der Waals surface area contributed by atoms with Gasteiger partial charge < -0.3 is 14.6 Å². The summed E-state index contributed by atoms with van der Waals surface area (Å²) in [6, 6.07) is 8.09. The molecule has 1 aromatic heterocycles. The molecule has 2 atom stereocenters. The highest BCUT2D eigenvalue weighted by Gasteiger charge is 2.28. The lowest BCUT2D eigenvalue weighted by molar-refractivity contribution is 0.220. The van der Waals surface area contributed by atoms with E-state index in [1.165, 1.54) is 18.4 Å². The quantitative estimate of drug-likeness (QED) is 0.937. The second-order valence-corrected chi connectivity index (χ2v) is 5.88. The van der Waals surface area contributed by atoms with Crippen LogP contribution in [0.25, 0.3) is 0 Å². The Hall–Kier alpha value is -1.88. The molecule has 2 unspecified atom stereocenters. The first-order chi connectivity index (χ1) is 10.4. The first-order valence-corrected chi connectivity index (χ1v) is 7.66. The summed E-state index contributed by atoms with van der Waals surface area (Å²) in [5, 5.41) is 7.53. The number of nitrogens with zero attached hydrogens (tertiary/aromatic N) is 2. The van der Waals surface area contributed by atoms with Crippen LogP contribution in [0.15, 0.2) is 28.8 Å². The Morgan fingerprint density at radius 2 is 2.24 bits per heavy atom. The fourth-order valence-corrected chi connectivity index (χ4v) is 3.15. The van der Waals surface area contributed by atoms with E-state index in [0.717, 1.165) is 37.6 Å². The molecule has 5 nitrogen and oxygen atoms in total. The zero-order chi connectivity index (χ0) is 14.1. The first-order valence-electron chi connectivity index (χ1n) is 7.66. The van der Waals surface area contributed by atoms with Crippen molar-refractivity contribution < 1.29 is 9.26 Å². The van der Waals surface area contributed by atoms with Gasteiger partial charge in [0, 0.05) is 12.8 Å². The number of hydrogen-bond donors (Lipinski definition) is 1. The molecule has 0 saturated carbocycles. The van der Waals surface area contributed by atoms with Crippen LogP contribution in [0.3, 0.4) is 0 Å². The molecule has 3 heterocycles. The Labute approximate surface area is 123 Å². The summed E-state index contributed by atoms with van der Waals surface area (Å²) in [6.07, 6.45) is 4.03. The van der Waals surface area contributed by atoms with Gasteiger partial charge in [-0.3, -0.25) is 0 Å². The molecule has 1 fully saturated rings. The molecule has 2 aliphatic heterocycles. The summed E-state index contributed by atoms with van der Waals surface area (Å²) < 4.78 is 11.3. The minimum absolute atomic E-state index is 0.107. The minimum Gasteiger partial charge on any atom is -0.482 e. The Morgan fingerprint density at radius 3 is 3.10 bits per heavy atom. The maximum Gasteiger partial charge on any atom is 0.227 e. The number of benzene rings is 1. The predicted molar refractivity (Wildman–Crippen MR) is 77.1 cm³/mol.